The quantitative estimate of drug-likeness (QED) is 0.804. The SMILES string of the molecule is CCCC(CNC)Cc1cc(Cl)ccc1F. The summed E-state index contributed by atoms with van der Waals surface area (Å²) in [6.07, 6.45) is 2.97. The highest BCUT2D eigenvalue weighted by molar-refractivity contribution is 6.30. The highest BCUT2D eigenvalue weighted by atomic mass is 35.5. The van der Waals surface area contributed by atoms with Crippen LogP contribution in [-0.4, -0.2) is 13.6 Å². The first-order valence-electron chi connectivity index (χ1n) is 5.75. The Labute approximate surface area is 102 Å². The predicted octanol–water partition coefficient (Wildman–Crippen LogP) is 3.66. The molecule has 90 valence electrons. The topological polar surface area (TPSA) is 12.0 Å². The van der Waals surface area contributed by atoms with Gasteiger partial charge in [-0.05, 0) is 56.1 Å². The number of hydrogen-bond donors (Lipinski definition) is 1. The Kier molecular flexibility index (Phi) is 5.78. The first kappa shape index (κ1) is 13.5. The van der Waals surface area contributed by atoms with Crippen LogP contribution in [0.4, 0.5) is 4.39 Å². The molecule has 0 bridgehead atoms. The number of nitrogens with one attached hydrogen (secondary N) is 1. The van der Waals surface area contributed by atoms with Crippen molar-refractivity contribution in [3.63, 3.8) is 0 Å². The van der Waals surface area contributed by atoms with Gasteiger partial charge in [-0.25, -0.2) is 4.39 Å². The van der Waals surface area contributed by atoms with Crippen molar-refractivity contribution in [3.05, 3.63) is 34.6 Å². The lowest BCUT2D eigenvalue weighted by atomic mass is 9.95. The molecule has 0 radical (unpaired) electrons. The molecule has 0 saturated carbocycles. The van der Waals surface area contributed by atoms with Gasteiger partial charge >= 0.3 is 0 Å². The third-order valence-electron chi connectivity index (χ3n) is 2.71. The number of benzene rings is 1. The normalized spacial score (nSPS) is 12.8. The van der Waals surface area contributed by atoms with Crippen molar-refractivity contribution in [1.82, 2.24) is 5.32 Å². The fourth-order valence-corrected chi connectivity index (χ4v) is 2.18. The minimum atomic E-state index is -0.151. The summed E-state index contributed by atoms with van der Waals surface area (Å²) in [5.41, 5.74) is 0.723. The van der Waals surface area contributed by atoms with Gasteiger partial charge in [0.05, 0.1) is 0 Å². The maximum Gasteiger partial charge on any atom is 0.126 e. The average molecular weight is 244 g/mol. The Morgan fingerprint density at radius 2 is 2.19 bits per heavy atom. The first-order valence-corrected chi connectivity index (χ1v) is 6.13. The first-order chi connectivity index (χ1) is 7.67. The molecule has 0 fully saturated rings. The van der Waals surface area contributed by atoms with Crippen LogP contribution >= 0.6 is 11.6 Å². The third-order valence-corrected chi connectivity index (χ3v) is 2.94. The van der Waals surface area contributed by atoms with Crippen molar-refractivity contribution in [2.75, 3.05) is 13.6 Å². The Hall–Kier alpha value is -0.600. The van der Waals surface area contributed by atoms with Gasteiger partial charge in [-0.1, -0.05) is 24.9 Å². The zero-order valence-corrected chi connectivity index (χ0v) is 10.6. The largest absolute Gasteiger partial charge is 0.319 e. The number of hydrogen-bond acceptors (Lipinski definition) is 1. The Morgan fingerprint density at radius 3 is 2.81 bits per heavy atom. The van der Waals surface area contributed by atoms with Crippen molar-refractivity contribution in [1.29, 1.82) is 0 Å². The smallest absolute Gasteiger partial charge is 0.126 e. The van der Waals surface area contributed by atoms with Crippen LogP contribution in [0.3, 0.4) is 0 Å². The van der Waals surface area contributed by atoms with Gasteiger partial charge in [0.25, 0.3) is 0 Å². The molecule has 1 atom stereocenters. The van der Waals surface area contributed by atoms with Crippen molar-refractivity contribution in [2.45, 2.75) is 26.2 Å². The van der Waals surface area contributed by atoms with E-state index < -0.39 is 0 Å². The summed E-state index contributed by atoms with van der Waals surface area (Å²) < 4.78 is 13.5. The van der Waals surface area contributed by atoms with Gasteiger partial charge in [0.1, 0.15) is 5.82 Å². The summed E-state index contributed by atoms with van der Waals surface area (Å²) in [4.78, 5) is 0. The van der Waals surface area contributed by atoms with Crippen molar-refractivity contribution in [3.8, 4) is 0 Å². The minimum absolute atomic E-state index is 0.151. The standard InChI is InChI=1S/C13H19ClFN/c1-3-4-10(9-16-2)7-11-8-12(14)5-6-13(11)15/h5-6,8,10,16H,3-4,7,9H2,1-2H3. The number of halogens is 2. The van der Waals surface area contributed by atoms with Gasteiger partial charge in [0.2, 0.25) is 0 Å². The van der Waals surface area contributed by atoms with E-state index in [4.69, 9.17) is 11.6 Å². The van der Waals surface area contributed by atoms with Crippen molar-refractivity contribution < 1.29 is 4.39 Å². The monoisotopic (exact) mass is 243 g/mol. The second kappa shape index (κ2) is 6.87. The second-order valence-electron chi connectivity index (χ2n) is 4.15. The zero-order chi connectivity index (χ0) is 12.0. The van der Waals surface area contributed by atoms with E-state index in [0.717, 1.165) is 31.4 Å². The van der Waals surface area contributed by atoms with Crippen LogP contribution in [-0.2, 0) is 6.42 Å². The molecule has 0 aliphatic carbocycles. The molecule has 1 rings (SSSR count). The zero-order valence-electron chi connectivity index (χ0n) is 9.89. The molecule has 1 N–H and O–H groups in total. The summed E-state index contributed by atoms with van der Waals surface area (Å²) in [5.74, 6) is 0.324. The molecule has 0 aliphatic rings. The summed E-state index contributed by atoms with van der Waals surface area (Å²) in [6.45, 7) is 3.07. The van der Waals surface area contributed by atoms with E-state index in [2.05, 4.69) is 12.2 Å². The van der Waals surface area contributed by atoms with Crippen LogP contribution in [0.1, 0.15) is 25.3 Å². The molecule has 0 spiro atoms. The van der Waals surface area contributed by atoms with Crippen LogP contribution < -0.4 is 5.32 Å². The average Bonchev–Trinajstić information content (AvgIpc) is 2.24. The van der Waals surface area contributed by atoms with Gasteiger partial charge < -0.3 is 5.32 Å². The molecule has 1 unspecified atom stereocenters. The van der Waals surface area contributed by atoms with Gasteiger partial charge in [-0.2, -0.15) is 0 Å². The van der Waals surface area contributed by atoms with Gasteiger partial charge in [0, 0.05) is 5.02 Å². The van der Waals surface area contributed by atoms with Crippen LogP contribution in [0, 0.1) is 11.7 Å². The van der Waals surface area contributed by atoms with Crippen molar-refractivity contribution >= 4 is 11.6 Å². The van der Waals surface area contributed by atoms with Gasteiger partial charge in [-0.15, -0.1) is 0 Å². The lowest BCUT2D eigenvalue weighted by molar-refractivity contribution is 0.447. The third kappa shape index (κ3) is 4.11. The molecule has 1 aromatic rings. The molecule has 0 aliphatic heterocycles. The van der Waals surface area contributed by atoms with E-state index in [1.807, 2.05) is 7.05 Å². The summed E-state index contributed by atoms with van der Waals surface area (Å²) >= 11 is 5.87. The molecule has 0 saturated heterocycles. The Morgan fingerprint density at radius 1 is 1.44 bits per heavy atom. The fourth-order valence-electron chi connectivity index (χ4n) is 1.98. The molecule has 1 nitrogen and oxygen atoms in total. The van der Waals surface area contributed by atoms with Crippen LogP contribution in [0.25, 0.3) is 0 Å². The maximum atomic E-state index is 13.5. The summed E-state index contributed by atoms with van der Waals surface area (Å²) in [7, 11) is 1.93. The minimum Gasteiger partial charge on any atom is -0.319 e. The summed E-state index contributed by atoms with van der Waals surface area (Å²) in [6, 6.07) is 4.77. The van der Waals surface area contributed by atoms with Crippen molar-refractivity contribution in [2.24, 2.45) is 5.92 Å². The second-order valence-corrected chi connectivity index (χ2v) is 4.59. The number of rotatable bonds is 6. The molecule has 0 heterocycles. The van der Waals surface area contributed by atoms with E-state index in [1.165, 1.54) is 6.07 Å². The van der Waals surface area contributed by atoms with Gasteiger partial charge in [-0.3, -0.25) is 0 Å². The van der Waals surface area contributed by atoms with Crippen LogP contribution in [0.5, 0.6) is 0 Å². The van der Waals surface area contributed by atoms with Gasteiger partial charge in [0.15, 0.2) is 0 Å². The summed E-state index contributed by atoms with van der Waals surface area (Å²) in [5, 5.41) is 3.76. The molecular formula is C13H19ClFN. The lowest BCUT2D eigenvalue weighted by Gasteiger charge is -2.16. The van der Waals surface area contributed by atoms with E-state index in [9.17, 15) is 4.39 Å². The molecule has 0 aromatic heterocycles. The maximum absolute atomic E-state index is 13.5. The Balaban J connectivity index is 2.71. The Bertz CT molecular complexity index is 322. The highest BCUT2D eigenvalue weighted by Crippen LogP contribution is 2.20. The molecular weight excluding hydrogens is 225 g/mol. The molecule has 1 aromatic carbocycles. The van der Waals surface area contributed by atoms with E-state index >= 15 is 0 Å². The van der Waals surface area contributed by atoms with Crippen LogP contribution in [0.15, 0.2) is 18.2 Å². The lowest BCUT2D eigenvalue weighted by Crippen LogP contribution is -2.21. The molecule has 0 amide bonds. The molecule has 3 heteroatoms. The molecule has 16 heavy (non-hydrogen) atoms. The van der Waals surface area contributed by atoms with E-state index in [-0.39, 0.29) is 5.82 Å². The predicted molar refractivity (Wildman–Crippen MR) is 67.4 cm³/mol. The van der Waals surface area contributed by atoms with E-state index in [0.29, 0.717) is 10.9 Å². The van der Waals surface area contributed by atoms with Crippen LogP contribution in [0.2, 0.25) is 5.02 Å². The van der Waals surface area contributed by atoms with E-state index in [1.54, 1.807) is 12.1 Å². The fraction of sp³-hybridized carbons (Fsp3) is 0.538. The highest BCUT2D eigenvalue weighted by Gasteiger charge is 2.11.